The molecule has 36 heavy (non-hydrogen) atoms. The molecule has 3 amide bonds. The maximum absolute atomic E-state index is 13.4. The molecule has 2 N–H and O–H groups in total. The molecule has 2 aromatic carbocycles. The van der Waals surface area contributed by atoms with E-state index in [0.29, 0.717) is 31.6 Å². The number of hydrogen-bond donors (Lipinski definition) is 2. The van der Waals surface area contributed by atoms with Crippen LogP contribution in [0.15, 0.2) is 54.6 Å². The van der Waals surface area contributed by atoms with Crippen LogP contribution in [0.5, 0.6) is 0 Å². The molecule has 1 aliphatic heterocycles. The predicted octanol–water partition coefficient (Wildman–Crippen LogP) is 3.82. The van der Waals surface area contributed by atoms with Crippen molar-refractivity contribution >= 4 is 23.6 Å². The van der Waals surface area contributed by atoms with Crippen LogP contribution in [0, 0.1) is 0 Å². The lowest BCUT2D eigenvalue weighted by molar-refractivity contribution is -0.138. The number of ether oxygens (including phenoxy) is 1. The zero-order chi connectivity index (χ0) is 26.1. The highest BCUT2D eigenvalue weighted by molar-refractivity contribution is 5.88. The molecule has 2 aromatic rings. The van der Waals surface area contributed by atoms with E-state index in [1.165, 1.54) is 5.56 Å². The van der Waals surface area contributed by atoms with E-state index in [2.05, 4.69) is 27.7 Å². The zero-order valence-corrected chi connectivity index (χ0v) is 21.8. The minimum atomic E-state index is -0.636. The summed E-state index contributed by atoms with van der Waals surface area (Å²) in [4.78, 5) is 41.8. The van der Waals surface area contributed by atoms with Crippen molar-refractivity contribution in [3.63, 3.8) is 0 Å². The Kier molecular flexibility index (Phi) is 9.47. The fraction of sp³-hybridized carbons (Fsp3) is 0.464. The van der Waals surface area contributed by atoms with Gasteiger partial charge in [0, 0.05) is 51.3 Å². The van der Waals surface area contributed by atoms with Crippen LogP contribution in [0.1, 0.15) is 45.2 Å². The molecule has 0 unspecified atom stereocenters. The Balaban J connectivity index is 1.58. The first kappa shape index (κ1) is 27.2. The van der Waals surface area contributed by atoms with E-state index in [1.807, 2.05) is 35.2 Å². The van der Waals surface area contributed by atoms with E-state index >= 15 is 0 Å². The zero-order valence-electron chi connectivity index (χ0n) is 21.8. The van der Waals surface area contributed by atoms with Gasteiger partial charge in [-0.1, -0.05) is 49.4 Å². The van der Waals surface area contributed by atoms with Crippen LogP contribution in [0.4, 0.5) is 10.5 Å². The molecule has 1 heterocycles. The van der Waals surface area contributed by atoms with E-state index in [4.69, 9.17) is 4.74 Å². The van der Waals surface area contributed by atoms with Crippen molar-refractivity contribution in [1.82, 2.24) is 15.1 Å². The fourth-order valence-electron chi connectivity index (χ4n) is 4.07. The molecule has 0 radical (unpaired) electrons. The van der Waals surface area contributed by atoms with Crippen LogP contribution in [0.2, 0.25) is 0 Å². The van der Waals surface area contributed by atoms with Crippen molar-refractivity contribution in [1.29, 1.82) is 0 Å². The molecule has 1 atom stereocenters. The van der Waals surface area contributed by atoms with E-state index in [9.17, 15) is 14.4 Å². The molecule has 8 heteroatoms. The van der Waals surface area contributed by atoms with Crippen molar-refractivity contribution < 1.29 is 19.1 Å². The Hall–Kier alpha value is -3.39. The van der Waals surface area contributed by atoms with E-state index in [1.54, 1.807) is 39.8 Å². The minimum Gasteiger partial charge on any atom is -0.444 e. The summed E-state index contributed by atoms with van der Waals surface area (Å²) in [6.45, 7) is 10.9. The highest BCUT2D eigenvalue weighted by Crippen LogP contribution is 2.16. The standard InChI is InChI=1S/C28H38N4O4/c1-5-25(33)30-24(19-21-11-13-23(14-12-21)29-27(35)36-28(2,3)4)26(34)32-17-15-31(16-18-32)20-22-9-7-6-8-10-22/h6-14,24H,5,15-20H2,1-4H3,(H,29,35)(H,30,33)/t24-/m1/s1. The summed E-state index contributed by atoms with van der Waals surface area (Å²) in [6.07, 6.45) is 0.166. The number of piperazine rings is 1. The molecule has 1 fully saturated rings. The van der Waals surface area contributed by atoms with Crippen molar-refractivity contribution in [2.24, 2.45) is 0 Å². The van der Waals surface area contributed by atoms with Gasteiger partial charge in [0.1, 0.15) is 11.6 Å². The molecular formula is C28H38N4O4. The number of carbonyl (C=O) groups is 3. The Morgan fingerprint density at radius 3 is 2.14 bits per heavy atom. The van der Waals surface area contributed by atoms with Crippen molar-refractivity contribution in [3.05, 3.63) is 65.7 Å². The fourth-order valence-corrected chi connectivity index (χ4v) is 4.07. The first-order valence-electron chi connectivity index (χ1n) is 12.6. The number of rotatable bonds is 8. The number of nitrogens with one attached hydrogen (secondary N) is 2. The molecule has 0 aromatic heterocycles. The average Bonchev–Trinajstić information content (AvgIpc) is 2.84. The third-order valence-electron chi connectivity index (χ3n) is 5.93. The number of carbonyl (C=O) groups excluding carboxylic acids is 3. The SMILES string of the molecule is CCC(=O)N[C@H](Cc1ccc(NC(=O)OC(C)(C)C)cc1)C(=O)N1CCN(Cc2ccccc2)CC1. The Morgan fingerprint density at radius 1 is 0.917 bits per heavy atom. The first-order chi connectivity index (χ1) is 17.1. The van der Waals surface area contributed by atoms with Gasteiger partial charge in [-0.05, 0) is 44.0 Å². The summed E-state index contributed by atoms with van der Waals surface area (Å²) in [5, 5.41) is 5.61. The largest absolute Gasteiger partial charge is 0.444 e. The van der Waals surface area contributed by atoms with E-state index in [0.717, 1.165) is 25.2 Å². The Morgan fingerprint density at radius 2 is 1.56 bits per heavy atom. The van der Waals surface area contributed by atoms with Crippen LogP contribution in [-0.4, -0.2) is 65.5 Å². The van der Waals surface area contributed by atoms with Gasteiger partial charge in [0.2, 0.25) is 11.8 Å². The smallest absolute Gasteiger partial charge is 0.412 e. The third kappa shape index (κ3) is 8.68. The molecular weight excluding hydrogens is 456 g/mol. The first-order valence-corrected chi connectivity index (χ1v) is 12.6. The number of amides is 3. The van der Waals surface area contributed by atoms with Crippen LogP contribution in [0.3, 0.4) is 0 Å². The predicted molar refractivity (Wildman–Crippen MR) is 141 cm³/mol. The average molecular weight is 495 g/mol. The number of benzene rings is 2. The lowest BCUT2D eigenvalue weighted by Crippen LogP contribution is -2.55. The maximum atomic E-state index is 13.4. The van der Waals surface area contributed by atoms with Gasteiger partial charge >= 0.3 is 6.09 Å². The maximum Gasteiger partial charge on any atom is 0.412 e. The van der Waals surface area contributed by atoms with Gasteiger partial charge in [0.25, 0.3) is 0 Å². The summed E-state index contributed by atoms with van der Waals surface area (Å²) in [7, 11) is 0. The van der Waals surface area contributed by atoms with E-state index in [-0.39, 0.29) is 11.8 Å². The van der Waals surface area contributed by atoms with Crippen molar-refractivity contribution in [2.45, 2.75) is 58.7 Å². The quantitative estimate of drug-likeness (QED) is 0.582. The van der Waals surface area contributed by atoms with Crippen LogP contribution < -0.4 is 10.6 Å². The molecule has 1 saturated heterocycles. The highest BCUT2D eigenvalue weighted by Gasteiger charge is 2.28. The third-order valence-corrected chi connectivity index (χ3v) is 5.93. The minimum absolute atomic E-state index is 0.0629. The summed E-state index contributed by atoms with van der Waals surface area (Å²) in [6, 6.07) is 16.9. The van der Waals surface area contributed by atoms with Gasteiger partial charge in [-0.15, -0.1) is 0 Å². The van der Waals surface area contributed by atoms with Crippen molar-refractivity contribution in [3.8, 4) is 0 Å². The van der Waals surface area contributed by atoms with Crippen LogP contribution >= 0.6 is 0 Å². The van der Waals surface area contributed by atoms with Crippen molar-refractivity contribution in [2.75, 3.05) is 31.5 Å². The number of nitrogens with zero attached hydrogens (tertiary/aromatic N) is 2. The molecule has 3 rings (SSSR count). The summed E-state index contributed by atoms with van der Waals surface area (Å²) >= 11 is 0. The van der Waals surface area contributed by atoms with Gasteiger partial charge in [0.15, 0.2) is 0 Å². The lowest BCUT2D eigenvalue weighted by atomic mass is 10.0. The second-order valence-corrected chi connectivity index (χ2v) is 10.1. The molecule has 0 bridgehead atoms. The number of hydrogen-bond acceptors (Lipinski definition) is 5. The van der Waals surface area contributed by atoms with Gasteiger partial charge in [0.05, 0.1) is 0 Å². The monoisotopic (exact) mass is 494 g/mol. The topological polar surface area (TPSA) is 91.0 Å². The highest BCUT2D eigenvalue weighted by atomic mass is 16.6. The van der Waals surface area contributed by atoms with Gasteiger partial charge in [-0.25, -0.2) is 4.79 Å². The summed E-state index contributed by atoms with van der Waals surface area (Å²) in [5.74, 6) is -0.216. The summed E-state index contributed by atoms with van der Waals surface area (Å²) < 4.78 is 5.28. The molecule has 0 spiro atoms. The van der Waals surface area contributed by atoms with Gasteiger partial charge in [-0.3, -0.25) is 19.8 Å². The van der Waals surface area contributed by atoms with E-state index < -0.39 is 17.7 Å². The molecule has 8 nitrogen and oxygen atoms in total. The van der Waals surface area contributed by atoms with Gasteiger partial charge in [-0.2, -0.15) is 0 Å². The summed E-state index contributed by atoms with van der Waals surface area (Å²) in [5.41, 5.74) is 2.17. The van der Waals surface area contributed by atoms with Gasteiger partial charge < -0.3 is 15.0 Å². The molecule has 1 aliphatic rings. The molecule has 194 valence electrons. The Bertz CT molecular complexity index is 1010. The Labute approximate surface area is 214 Å². The normalized spacial score (nSPS) is 15.2. The number of anilines is 1. The van der Waals surface area contributed by atoms with Crippen LogP contribution in [-0.2, 0) is 27.3 Å². The molecule has 0 saturated carbocycles. The second-order valence-electron chi connectivity index (χ2n) is 10.1. The molecule has 0 aliphatic carbocycles. The van der Waals surface area contributed by atoms with Crippen LogP contribution in [0.25, 0.3) is 0 Å². The lowest BCUT2D eigenvalue weighted by Gasteiger charge is -2.36. The second kappa shape index (κ2) is 12.5.